The lowest BCUT2D eigenvalue weighted by atomic mass is 10.1. The molecule has 0 N–H and O–H groups in total. The Morgan fingerprint density at radius 3 is 3.27 bits per heavy atom. The van der Waals surface area contributed by atoms with Gasteiger partial charge in [0.05, 0.1) is 6.54 Å². The topological polar surface area (TPSA) is 21.6 Å². The summed E-state index contributed by atoms with van der Waals surface area (Å²) in [6, 6.07) is 6.12. The van der Waals surface area contributed by atoms with Crippen LogP contribution in [0.2, 0.25) is 0 Å². The number of hydrogen-bond acceptors (Lipinski definition) is 2. The summed E-state index contributed by atoms with van der Waals surface area (Å²) < 4.78 is 5.19. The fourth-order valence-corrected chi connectivity index (χ4v) is 1.18. The third kappa shape index (κ3) is 1.11. The van der Waals surface area contributed by atoms with Gasteiger partial charge in [-0.3, -0.25) is 4.99 Å². The third-order valence-electron chi connectivity index (χ3n) is 1.73. The average molecular weight is 147 g/mol. The molecular formula is C9H9NO. The van der Waals surface area contributed by atoms with Crippen LogP contribution in [-0.2, 0) is 6.54 Å². The summed E-state index contributed by atoms with van der Waals surface area (Å²) in [6.45, 7) is 2.82. The molecule has 0 saturated heterocycles. The second-order valence-electron chi connectivity index (χ2n) is 2.68. The van der Waals surface area contributed by atoms with E-state index in [1.165, 1.54) is 17.5 Å². The van der Waals surface area contributed by atoms with Crippen molar-refractivity contribution < 1.29 is 4.74 Å². The molecule has 11 heavy (non-hydrogen) atoms. The minimum atomic E-state index is 0.747. The first kappa shape index (κ1) is 6.40. The number of nitrogens with zero attached hydrogens (tertiary/aromatic N) is 1. The second-order valence-corrected chi connectivity index (χ2v) is 2.68. The zero-order valence-corrected chi connectivity index (χ0v) is 6.37. The Morgan fingerprint density at radius 2 is 2.36 bits per heavy atom. The minimum absolute atomic E-state index is 0.747. The minimum Gasteiger partial charge on any atom is -0.446 e. The first-order chi connectivity index (χ1) is 5.36. The normalized spacial score (nSPS) is 13.9. The van der Waals surface area contributed by atoms with Gasteiger partial charge in [-0.25, -0.2) is 0 Å². The first-order valence-electron chi connectivity index (χ1n) is 3.61. The lowest BCUT2D eigenvalue weighted by Gasteiger charge is -2.10. The Hall–Kier alpha value is -1.31. The molecule has 1 aromatic rings. The molecule has 0 aliphatic carbocycles. The molecule has 2 heteroatoms. The van der Waals surface area contributed by atoms with Crippen LogP contribution in [-0.4, -0.2) is 6.40 Å². The van der Waals surface area contributed by atoms with Crippen LogP contribution in [0.4, 0.5) is 0 Å². The number of rotatable bonds is 0. The predicted octanol–water partition coefficient (Wildman–Crippen LogP) is 1.92. The molecule has 0 aromatic heterocycles. The quantitative estimate of drug-likeness (QED) is 0.549. The van der Waals surface area contributed by atoms with Crippen molar-refractivity contribution in [3.63, 3.8) is 0 Å². The summed E-state index contributed by atoms with van der Waals surface area (Å²) in [5.41, 5.74) is 2.43. The standard InChI is InChI=1S/C9H9NO/c1-7-2-3-9-8(4-7)5-10-6-11-9/h2-4,6H,5H2,1H3. The number of benzene rings is 1. The molecule has 0 atom stereocenters. The van der Waals surface area contributed by atoms with Gasteiger partial charge in [-0.2, -0.15) is 0 Å². The molecule has 2 nitrogen and oxygen atoms in total. The van der Waals surface area contributed by atoms with E-state index < -0.39 is 0 Å². The van der Waals surface area contributed by atoms with E-state index in [1.807, 2.05) is 12.1 Å². The van der Waals surface area contributed by atoms with Gasteiger partial charge in [0.1, 0.15) is 5.75 Å². The third-order valence-corrected chi connectivity index (χ3v) is 1.73. The number of ether oxygens (including phenoxy) is 1. The van der Waals surface area contributed by atoms with Gasteiger partial charge in [0, 0.05) is 5.56 Å². The highest BCUT2D eigenvalue weighted by Gasteiger charge is 2.05. The summed E-state index contributed by atoms with van der Waals surface area (Å²) in [5.74, 6) is 0.936. The SMILES string of the molecule is Cc1ccc2c(c1)CN=CO2. The van der Waals surface area contributed by atoms with Crippen molar-refractivity contribution in [3.05, 3.63) is 29.3 Å². The fourth-order valence-electron chi connectivity index (χ4n) is 1.18. The predicted molar refractivity (Wildman–Crippen MR) is 44.0 cm³/mol. The Morgan fingerprint density at radius 1 is 1.45 bits per heavy atom. The van der Waals surface area contributed by atoms with Crippen LogP contribution in [0.1, 0.15) is 11.1 Å². The van der Waals surface area contributed by atoms with Gasteiger partial charge in [0.15, 0.2) is 6.40 Å². The Labute approximate surface area is 65.5 Å². The van der Waals surface area contributed by atoms with E-state index in [1.54, 1.807) is 0 Å². The van der Waals surface area contributed by atoms with E-state index in [9.17, 15) is 0 Å². The summed E-state index contributed by atoms with van der Waals surface area (Å²) in [4.78, 5) is 4.01. The van der Waals surface area contributed by atoms with Gasteiger partial charge in [-0.15, -0.1) is 0 Å². The Balaban J connectivity index is 2.48. The highest BCUT2D eigenvalue weighted by atomic mass is 16.5. The molecular weight excluding hydrogens is 138 g/mol. The van der Waals surface area contributed by atoms with E-state index in [0.717, 1.165) is 12.3 Å². The van der Waals surface area contributed by atoms with Crippen LogP contribution in [0.25, 0.3) is 0 Å². The zero-order chi connectivity index (χ0) is 7.68. The lowest BCUT2D eigenvalue weighted by molar-refractivity contribution is 0.546. The largest absolute Gasteiger partial charge is 0.446 e. The number of aryl methyl sites for hydroxylation is 1. The van der Waals surface area contributed by atoms with Crippen LogP contribution in [0.5, 0.6) is 5.75 Å². The smallest absolute Gasteiger partial charge is 0.176 e. The van der Waals surface area contributed by atoms with E-state index in [2.05, 4.69) is 18.0 Å². The van der Waals surface area contributed by atoms with Crippen molar-refractivity contribution in [2.24, 2.45) is 4.99 Å². The fraction of sp³-hybridized carbons (Fsp3) is 0.222. The Kier molecular flexibility index (Phi) is 1.39. The van der Waals surface area contributed by atoms with Gasteiger partial charge in [0.2, 0.25) is 0 Å². The van der Waals surface area contributed by atoms with Crippen molar-refractivity contribution >= 4 is 6.40 Å². The lowest BCUT2D eigenvalue weighted by Crippen LogP contribution is -2.00. The maximum atomic E-state index is 5.19. The maximum Gasteiger partial charge on any atom is 0.176 e. The van der Waals surface area contributed by atoms with Gasteiger partial charge < -0.3 is 4.74 Å². The van der Waals surface area contributed by atoms with E-state index in [0.29, 0.717) is 0 Å². The molecule has 1 aliphatic heterocycles. The summed E-state index contributed by atoms with van der Waals surface area (Å²) in [5, 5.41) is 0. The van der Waals surface area contributed by atoms with Gasteiger partial charge in [0.25, 0.3) is 0 Å². The monoisotopic (exact) mass is 147 g/mol. The maximum absolute atomic E-state index is 5.19. The molecule has 0 spiro atoms. The highest BCUT2D eigenvalue weighted by Crippen LogP contribution is 2.22. The van der Waals surface area contributed by atoms with Crippen molar-refractivity contribution in [2.45, 2.75) is 13.5 Å². The summed E-state index contributed by atoms with van der Waals surface area (Å²) in [7, 11) is 0. The van der Waals surface area contributed by atoms with Crippen LogP contribution in [0.3, 0.4) is 0 Å². The molecule has 2 rings (SSSR count). The van der Waals surface area contributed by atoms with E-state index in [-0.39, 0.29) is 0 Å². The van der Waals surface area contributed by atoms with Crippen LogP contribution < -0.4 is 4.74 Å². The van der Waals surface area contributed by atoms with Gasteiger partial charge in [-0.05, 0) is 13.0 Å². The number of hydrogen-bond donors (Lipinski definition) is 0. The average Bonchev–Trinajstić information content (AvgIpc) is 2.04. The zero-order valence-electron chi connectivity index (χ0n) is 6.37. The number of fused-ring (bicyclic) bond motifs is 1. The molecule has 0 unspecified atom stereocenters. The number of aliphatic imine (C=N–C) groups is 1. The van der Waals surface area contributed by atoms with Crippen molar-refractivity contribution in [1.29, 1.82) is 0 Å². The van der Waals surface area contributed by atoms with Crippen molar-refractivity contribution in [2.75, 3.05) is 0 Å². The van der Waals surface area contributed by atoms with Gasteiger partial charge in [-0.1, -0.05) is 17.7 Å². The molecule has 0 bridgehead atoms. The first-order valence-corrected chi connectivity index (χ1v) is 3.61. The molecule has 56 valence electrons. The van der Waals surface area contributed by atoms with Crippen molar-refractivity contribution in [1.82, 2.24) is 0 Å². The molecule has 0 saturated carbocycles. The van der Waals surface area contributed by atoms with Crippen LogP contribution >= 0.6 is 0 Å². The molecule has 0 amide bonds. The molecule has 1 aliphatic rings. The van der Waals surface area contributed by atoms with Gasteiger partial charge >= 0.3 is 0 Å². The second kappa shape index (κ2) is 2.38. The molecule has 1 heterocycles. The molecule has 1 aromatic carbocycles. The van der Waals surface area contributed by atoms with Crippen LogP contribution in [0, 0.1) is 6.92 Å². The highest BCUT2D eigenvalue weighted by molar-refractivity contribution is 5.57. The summed E-state index contributed by atoms with van der Waals surface area (Å²) in [6.07, 6.45) is 1.50. The van der Waals surface area contributed by atoms with E-state index in [4.69, 9.17) is 4.74 Å². The van der Waals surface area contributed by atoms with E-state index >= 15 is 0 Å². The van der Waals surface area contributed by atoms with Crippen molar-refractivity contribution in [3.8, 4) is 5.75 Å². The summed E-state index contributed by atoms with van der Waals surface area (Å²) >= 11 is 0. The Bertz CT molecular complexity index is 304. The molecule has 0 radical (unpaired) electrons. The molecule has 0 fully saturated rings. The van der Waals surface area contributed by atoms with Crippen LogP contribution in [0.15, 0.2) is 23.2 Å².